The lowest BCUT2D eigenvalue weighted by molar-refractivity contribution is 0.0969. The number of anilines is 2. The second kappa shape index (κ2) is 7.93. The lowest BCUT2D eigenvalue weighted by atomic mass is 9.77. The van der Waals surface area contributed by atoms with E-state index >= 15 is 0 Å². The number of rotatable bonds is 6. The third kappa shape index (κ3) is 3.43. The molecule has 0 heterocycles. The van der Waals surface area contributed by atoms with Crippen LogP contribution in [0.25, 0.3) is 0 Å². The molecule has 6 nitrogen and oxygen atoms in total. The highest BCUT2D eigenvalue weighted by Crippen LogP contribution is 2.38. The van der Waals surface area contributed by atoms with Crippen LogP contribution in [0.15, 0.2) is 71.1 Å². The minimum atomic E-state index is -0.119. The lowest BCUT2D eigenvalue weighted by Crippen LogP contribution is -2.31. The maximum absolute atomic E-state index is 13.3. The number of aliphatic hydroxyl groups excluding tert-OH is 1. The second-order valence-corrected chi connectivity index (χ2v) is 7.01. The molecule has 2 aromatic rings. The number of allylic oxidation sites excluding steroid dienone is 4. The minimum absolute atomic E-state index is 0.0662. The Morgan fingerprint density at radius 3 is 1.97 bits per heavy atom. The Hall–Kier alpha value is -3.38. The van der Waals surface area contributed by atoms with Crippen molar-refractivity contribution in [3.63, 3.8) is 0 Å². The highest BCUT2D eigenvalue weighted by atomic mass is 16.3. The van der Waals surface area contributed by atoms with Crippen molar-refractivity contribution < 1.29 is 14.7 Å². The summed E-state index contributed by atoms with van der Waals surface area (Å²) in [4.78, 5) is 26.5. The molecular formula is C23H23N3O3. The monoisotopic (exact) mass is 389 g/mol. The average Bonchev–Trinajstić information content (AvgIpc) is 2.76. The standard InChI is InChI=1S/C23H23N3O3/c1-24-18-10-11-19(26-15-8-6-14(7-9-15)25-12-13-27)21-20(18)22(28)16-4-2-3-5-17(16)23(21)29/h2-9,24-27H,10-13H2,1H3. The number of nitrogens with one attached hydrogen (secondary N) is 3. The van der Waals surface area contributed by atoms with Crippen molar-refractivity contribution in [1.82, 2.24) is 5.32 Å². The van der Waals surface area contributed by atoms with Gasteiger partial charge in [0.15, 0.2) is 11.6 Å². The van der Waals surface area contributed by atoms with Crippen molar-refractivity contribution in [3.05, 3.63) is 82.2 Å². The average molecular weight is 389 g/mol. The van der Waals surface area contributed by atoms with Crippen LogP contribution in [0.2, 0.25) is 0 Å². The quantitative estimate of drug-likeness (QED) is 0.607. The van der Waals surface area contributed by atoms with E-state index in [4.69, 9.17) is 5.11 Å². The lowest BCUT2D eigenvalue weighted by Gasteiger charge is -2.29. The first kappa shape index (κ1) is 19.0. The minimum Gasteiger partial charge on any atom is -0.395 e. The smallest absolute Gasteiger partial charge is 0.196 e. The normalized spacial score (nSPS) is 15.8. The number of aliphatic hydroxyl groups is 1. The fourth-order valence-corrected chi connectivity index (χ4v) is 3.87. The molecule has 0 aromatic heterocycles. The van der Waals surface area contributed by atoms with Gasteiger partial charge in [-0.15, -0.1) is 0 Å². The molecule has 4 rings (SSSR count). The zero-order valence-corrected chi connectivity index (χ0v) is 16.2. The Bertz CT molecular complexity index is 1040. The van der Waals surface area contributed by atoms with E-state index in [9.17, 15) is 9.59 Å². The molecule has 0 fully saturated rings. The Kier molecular flexibility index (Phi) is 5.18. The largest absolute Gasteiger partial charge is 0.395 e. The SMILES string of the molecule is CNC1=C2C(=O)c3ccccc3C(=O)C2=C(Nc2ccc(NCCO)cc2)CC1. The van der Waals surface area contributed by atoms with Crippen molar-refractivity contribution in [2.75, 3.05) is 30.8 Å². The summed E-state index contributed by atoms with van der Waals surface area (Å²) in [5, 5.41) is 18.5. The van der Waals surface area contributed by atoms with Gasteiger partial charge in [-0.2, -0.15) is 0 Å². The number of Topliss-reactive ketones (excluding diaryl/α,β-unsaturated/α-hetero) is 2. The predicted octanol–water partition coefficient (Wildman–Crippen LogP) is 3.10. The molecule has 148 valence electrons. The van der Waals surface area contributed by atoms with Gasteiger partial charge in [-0.25, -0.2) is 0 Å². The van der Waals surface area contributed by atoms with E-state index in [1.54, 1.807) is 31.3 Å². The van der Waals surface area contributed by atoms with Gasteiger partial charge >= 0.3 is 0 Å². The zero-order chi connectivity index (χ0) is 20.4. The fraction of sp³-hybridized carbons (Fsp3) is 0.217. The molecule has 0 atom stereocenters. The number of carbonyl (C=O) groups excluding carboxylic acids is 2. The first-order valence-electron chi connectivity index (χ1n) is 9.68. The molecule has 2 aliphatic carbocycles. The van der Waals surface area contributed by atoms with Gasteiger partial charge in [0.2, 0.25) is 0 Å². The van der Waals surface area contributed by atoms with Gasteiger partial charge in [0, 0.05) is 47.5 Å². The summed E-state index contributed by atoms with van der Waals surface area (Å²) in [5.41, 5.74) is 5.18. The predicted molar refractivity (Wildman–Crippen MR) is 113 cm³/mol. The van der Waals surface area contributed by atoms with Crippen LogP contribution in [0.3, 0.4) is 0 Å². The molecule has 6 heteroatoms. The summed E-state index contributed by atoms with van der Waals surface area (Å²) in [6.45, 7) is 0.551. The summed E-state index contributed by atoms with van der Waals surface area (Å²) in [6.07, 6.45) is 1.30. The first-order chi connectivity index (χ1) is 14.1. The molecule has 0 aliphatic heterocycles. The third-order valence-electron chi connectivity index (χ3n) is 5.27. The maximum Gasteiger partial charge on any atom is 0.196 e. The van der Waals surface area contributed by atoms with Crippen LogP contribution in [-0.2, 0) is 0 Å². The molecule has 29 heavy (non-hydrogen) atoms. The molecule has 2 aromatic carbocycles. The van der Waals surface area contributed by atoms with Crippen LogP contribution < -0.4 is 16.0 Å². The van der Waals surface area contributed by atoms with E-state index in [0.717, 1.165) is 22.8 Å². The maximum atomic E-state index is 13.3. The molecular weight excluding hydrogens is 366 g/mol. The van der Waals surface area contributed by atoms with Crippen LogP contribution in [0, 0.1) is 0 Å². The van der Waals surface area contributed by atoms with Crippen molar-refractivity contribution in [1.29, 1.82) is 0 Å². The molecule has 0 saturated carbocycles. The summed E-state index contributed by atoms with van der Waals surface area (Å²) in [5.74, 6) is -0.228. The van der Waals surface area contributed by atoms with E-state index < -0.39 is 0 Å². The van der Waals surface area contributed by atoms with E-state index in [1.807, 2.05) is 24.3 Å². The van der Waals surface area contributed by atoms with E-state index in [-0.39, 0.29) is 18.2 Å². The van der Waals surface area contributed by atoms with Gasteiger partial charge in [0.1, 0.15) is 0 Å². The second-order valence-electron chi connectivity index (χ2n) is 7.01. The molecule has 4 N–H and O–H groups in total. The number of hydrogen-bond acceptors (Lipinski definition) is 6. The van der Waals surface area contributed by atoms with E-state index in [1.165, 1.54) is 0 Å². The molecule has 0 spiro atoms. The molecule has 2 aliphatic rings. The number of hydrogen-bond donors (Lipinski definition) is 4. The van der Waals surface area contributed by atoms with Crippen LogP contribution in [0.1, 0.15) is 33.6 Å². The number of carbonyl (C=O) groups is 2. The first-order valence-corrected chi connectivity index (χ1v) is 9.68. The fourth-order valence-electron chi connectivity index (χ4n) is 3.87. The molecule has 0 amide bonds. The van der Waals surface area contributed by atoms with Crippen LogP contribution in [0.4, 0.5) is 11.4 Å². The van der Waals surface area contributed by atoms with E-state index in [2.05, 4.69) is 16.0 Å². The van der Waals surface area contributed by atoms with Crippen molar-refractivity contribution in [2.24, 2.45) is 0 Å². The molecule has 0 bridgehead atoms. The Labute approximate surface area is 169 Å². The Balaban J connectivity index is 1.74. The Morgan fingerprint density at radius 1 is 0.828 bits per heavy atom. The van der Waals surface area contributed by atoms with Gasteiger partial charge in [0.25, 0.3) is 0 Å². The van der Waals surface area contributed by atoms with Gasteiger partial charge in [-0.3, -0.25) is 9.59 Å². The van der Waals surface area contributed by atoms with Crippen molar-refractivity contribution in [2.45, 2.75) is 12.8 Å². The van der Waals surface area contributed by atoms with Gasteiger partial charge in [-0.1, -0.05) is 24.3 Å². The summed E-state index contributed by atoms with van der Waals surface area (Å²) >= 11 is 0. The summed E-state index contributed by atoms with van der Waals surface area (Å²) in [7, 11) is 1.79. The van der Waals surface area contributed by atoms with E-state index in [0.29, 0.717) is 41.7 Å². The van der Waals surface area contributed by atoms with Crippen LogP contribution >= 0.6 is 0 Å². The van der Waals surface area contributed by atoms with Crippen LogP contribution in [0.5, 0.6) is 0 Å². The number of fused-ring (bicyclic) bond motifs is 2. The topological polar surface area (TPSA) is 90.5 Å². The van der Waals surface area contributed by atoms with Gasteiger partial charge in [0.05, 0.1) is 17.8 Å². The molecule has 0 radical (unpaired) electrons. The molecule has 0 unspecified atom stereocenters. The number of benzene rings is 2. The Morgan fingerprint density at radius 2 is 1.38 bits per heavy atom. The highest BCUT2D eigenvalue weighted by Gasteiger charge is 2.38. The van der Waals surface area contributed by atoms with Crippen molar-refractivity contribution >= 4 is 22.9 Å². The third-order valence-corrected chi connectivity index (χ3v) is 5.27. The van der Waals surface area contributed by atoms with Crippen LogP contribution in [-0.4, -0.2) is 36.9 Å². The van der Waals surface area contributed by atoms with Gasteiger partial charge in [-0.05, 0) is 37.1 Å². The number of ketones is 2. The highest BCUT2D eigenvalue weighted by molar-refractivity contribution is 6.31. The van der Waals surface area contributed by atoms with Crippen molar-refractivity contribution in [3.8, 4) is 0 Å². The van der Waals surface area contributed by atoms with Gasteiger partial charge < -0.3 is 21.1 Å². The summed E-state index contributed by atoms with van der Waals surface area (Å²) in [6, 6.07) is 14.6. The molecule has 0 saturated heterocycles. The zero-order valence-electron chi connectivity index (χ0n) is 16.2. The summed E-state index contributed by atoms with van der Waals surface area (Å²) < 4.78 is 0.